The van der Waals surface area contributed by atoms with Crippen LogP contribution in [0.3, 0.4) is 0 Å². The van der Waals surface area contributed by atoms with Gasteiger partial charge < -0.3 is 15.7 Å². The van der Waals surface area contributed by atoms with Crippen LogP contribution >= 0.6 is 11.8 Å². The Morgan fingerprint density at radius 1 is 1.50 bits per heavy atom. The molecule has 2 rings (SSSR count). The third-order valence-corrected chi connectivity index (χ3v) is 3.60. The number of carbonyl (C=O) groups excluding carboxylic acids is 1. The second-order valence-electron chi connectivity index (χ2n) is 3.94. The molecule has 0 bridgehead atoms. The number of hydrogen-bond acceptors (Lipinski definition) is 5. The van der Waals surface area contributed by atoms with Crippen molar-refractivity contribution in [3.05, 3.63) is 41.6 Å². The number of nitrogens with two attached hydrogens (primary N) is 1. The summed E-state index contributed by atoms with van der Waals surface area (Å²) in [4.78, 5) is 13.1. The predicted molar refractivity (Wildman–Crippen MR) is 75.1 cm³/mol. The quantitative estimate of drug-likeness (QED) is 0.627. The lowest BCUT2D eigenvalue weighted by Gasteiger charge is -2.12. The van der Waals surface area contributed by atoms with Crippen molar-refractivity contribution in [1.29, 1.82) is 0 Å². The van der Waals surface area contributed by atoms with E-state index >= 15 is 0 Å². The molecule has 7 heteroatoms. The highest BCUT2D eigenvalue weighted by Crippen LogP contribution is 2.26. The van der Waals surface area contributed by atoms with E-state index in [2.05, 4.69) is 5.10 Å². The van der Waals surface area contributed by atoms with E-state index in [1.165, 1.54) is 12.3 Å². The van der Waals surface area contributed by atoms with Crippen LogP contribution in [0.2, 0.25) is 0 Å². The van der Waals surface area contributed by atoms with E-state index in [1.54, 1.807) is 23.9 Å². The number of rotatable bonds is 6. The van der Waals surface area contributed by atoms with Crippen LogP contribution in [0, 0.1) is 0 Å². The summed E-state index contributed by atoms with van der Waals surface area (Å²) in [6, 6.07) is 6.92. The van der Waals surface area contributed by atoms with Crippen molar-refractivity contribution in [2.75, 3.05) is 5.75 Å². The lowest BCUT2D eigenvalue weighted by Crippen LogP contribution is -2.15. The lowest BCUT2D eigenvalue weighted by atomic mass is 10.1. The molecule has 0 saturated heterocycles. The van der Waals surface area contributed by atoms with Crippen molar-refractivity contribution < 1.29 is 14.7 Å². The number of thioether (sulfide) groups is 1. The van der Waals surface area contributed by atoms with Gasteiger partial charge in [-0.15, -0.1) is 16.6 Å². The van der Waals surface area contributed by atoms with Crippen molar-refractivity contribution in [3.63, 3.8) is 0 Å². The van der Waals surface area contributed by atoms with Gasteiger partial charge in [0.05, 0.1) is 6.20 Å². The molecule has 106 valence electrons. The molecule has 2 aromatic rings. The Balaban J connectivity index is 2.25. The molecular formula is C13H15N3O3S. The first kappa shape index (κ1) is 14.3. The second kappa shape index (κ2) is 6.33. The Morgan fingerprint density at radius 2 is 2.30 bits per heavy atom. The molecule has 1 aromatic carbocycles. The van der Waals surface area contributed by atoms with Gasteiger partial charge in [0.1, 0.15) is 6.61 Å². The Bertz CT molecular complexity index is 613. The molecule has 1 amide bonds. The number of benzene rings is 1. The monoisotopic (exact) mass is 293 g/mol. The molecule has 20 heavy (non-hydrogen) atoms. The van der Waals surface area contributed by atoms with E-state index < -0.39 is 5.91 Å². The molecule has 0 saturated carbocycles. The van der Waals surface area contributed by atoms with Gasteiger partial charge in [-0.2, -0.15) is 0 Å². The zero-order valence-electron chi connectivity index (χ0n) is 10.9. The molecule has 0 aliphatic rings. The zero-order chi connectivity index (χ0) is 14.5. The summed E-state index contributed by atoms with van der Waals surface area (Å²) < 4.78 is 5.48. The van der Waals surface area contributed by atoms with E-state index in [4.69, 9.17) is 15.7 Å². The van der Waals surface area contributed by atoms with Gasteiger partial charge in [-0.3, -0.25) is 4.79 Å². The Kier molecular flexibility index (Phi) is 4.52. The van der Waals surface area contributed by atoms with Crippen LogP contribution in [0.1, 0.15) is 22.8 Å². The predicted octanol–water partition coefficient (Wildman–Crippen LogP) is 1.91. The summed E-state index contributed by atoms with van der Waals surface area (Å²) in [7, 11) is 0. The first-order chi connectivity index (χ1) is 9.61. The van der Waals surface area contributed by atoms with Gasteiger partial charge in [0.25, 0.3) is 0 Å². The van der Waals surface area contributed by atoms with Crippen molar-refractivity contribution in [3.8, 4) is 5.88 Å². The second-order valence-corrected chi connectivity index (χ2v) is 5.25. The molecule has 1 heterocycles. The molecule has 6 nitrogen and oxygen atoms in total. The first-order valence-electron chi connectivity index (χ1n) is 6.04. The van der Waals surface area contributed by atoms with E-state index in [9.17, 15) is 4.79 Å². The van der Waals surface area contributed by atoms with Crippen molar-refractivity contribution in [2.45, 2.75) is 18.4 Å². The van der Waals surface area contributed by atoms with Crippen LogP contribution in [-0.4, -0.2) is 26.8 Å². The standard InChI is InChI=1S/C13H15N3O3S/c1-2-20-11-5-3-4-9(13(14)17)10(11)8-19-12-6-7-16(18)15-12/h3-7,18H,2,8H2,1H3,(H2,14,17). The average Bonchev–Trinajstić information content (AvgIpc) is 2.83. The topological polar surface area (TPSA) is 90.4 Å². The molecule has 1 aromatic heterocycles. The van der Waals surface area contributed by atoms with Crippen LogP contribution in [-0.2, 0) is 6.61 Å². The number of aromatic nitrogens is 2. The Morgan fingerprint density at radius 3 is 2.90 bits per heavy atom. The van der Waals surface area contributed by atoms with Gasteiger partial charge in [0.2, 0.25) is 11.8 Å². The minimum absolute atomic E-state index is 0.165. The average molecular weight is 293 g/mol. The fourth-order valence-electron chi connectivity index (χ4n) is 1.76. The molecule has 0 aliphatic carbocycles. The van der Waals surface area contributed by atoms with E-state index in [0.29, 0.717) is 10.4 Å². The number of nitrogens with zero attached hydrogens (tertiary/aromatic N) is 2. The molecule has 0 radical (unpaired) electrons. The SMILES string of the molecule is CCSc1cccc(C(N)=O)c1COc1ccn(O)n1. The molecule has 0 atom stereocenters. The molecule has 3 N–H and O–H groups in total. The van der Waals surface area contributed by atoms with Crippen LogP contribution in [0.4, 0.5) is 0 Å². The van der Waals surface area contributed by atoms with Crippen LogP contribution in [0.25, 0.3) is 0 Å². The summed E-state index contributed by atoms with van der Waals surface area (Å²) in [5, 5.41) is 12.8. The maximum absolute atomic E-state index is 11.5. The van der Waals surface area contributed by atoms with Gasteiger partial charge in [0, 0.05) is 22.1 Å². The molecular weight excluding hydrogens is 278 g/mol. The number of amides is 1. The summed E-state index contributed by atoms with van der Waals surface area (Å²) in [5.74, 6) is 0.662. The number of carbonyl (C=O) groups is 1. The Labute approximate surface area is 120 Å². The van der Waals surface area contributed by atoms with Crippen molar-refractivity contribution in [2.24, 2.45) is 5.73 Å². The maximum atomic E-state index is 11.5. The fraction of sp³-hybridized carbons (Fsp3) is 0.231. The number of primary amides is 1. The van der Waals surface area contributed by atoms with Crippen LogP contribution in [0.15, 0.2) is 35.4 Å². The summed E-state index contributed by atoms with van der Waals surface area (Å²) in [5.41, 5.74) is 6.56. The van der Waals surface area contributed by atoms with Gasteiger partial charge in [0.15, 0.2) is 0 Å². The van der Waals surface area contributed by atoms with Gasteiger partial charge in [-0.1, -0.05) is 18.1 Å². The Hall–Kier alpha value is -2.15. The highest BCUT2D eigenvalue weighted by Gasteiger charge is 2.14. The molecule has 0 spiro atoms. The largest absolute Gasteiger partial charge is 0.472 e. The van der Waals surface area contributed by atoms with Gasteiger partial charge in [-0.25, -0.2) is 0 Å². The van der Waals surface area contributed by atoms with Gasteiger partial charge >= 0.3 is 0 Å². The first-order valence-corrected chi connectivity index (χ1v) is 7.02. The van der Waals surface area contributed by atoms with Crippen molar-refractivity contribution in [1.82, 2.24) is 9.94 Å². The van der Waals surface area contributed by atoms with Crippen molar-refractivity contribution >= 4 is 17.7 Å². The van der Waals surface area contributed by atoms with Gasteiger partial charge in [-0.05, 0) is 17.9 Å². The third kappa shape index (κ3) is 3.24. The minimum Gasteiger partial charge on any atom is -0.472 e. The number of ether oxygens (including phenoxy) is 1. The fourth-order valence-corrected chi connectivity index (χ4v) is 2.59. The molecule has 0 fully saturated rings. The molecule has 0 aliphatic heterocycles. The van der Waals surface area contributed by atoms with Crippen LogP contribution < -0.4 is 10.5 Å². The highest BCUT2D eigenvalue weighted by molar-refractivity contribution is 7.99. The summed E-state index contributed by atoms with van der Waals surface area (Å²) >= 11 is 1.61. The van der Waals surface area contributed by atoms with E-state index in [0.717, 1.165) is 16.2 Å². The van der Waals surface area contributed by atoms with E-state index in [-0.39, 0.29) is 12.5 Å². The smallest absolute Gasteiger partial charge is 0.249 e. The highest BCUT2D eigenvalue weighted by atomic mass is 32.2. The zero-order valence-corrected chi connectivity index (χ0v) is 11.8. The van der Waals surface area contributed by atoms with E-state index in [1.807, 2.05) is 13.0 Å². The summed E-state index contributed by atoms with van der Waals surface area (Å²) in [6.45, 7) is 2.19. The molecule has 0 unspecified atom stereocenters. The van der Waals surface area contributed by atoms with Crippen LogP contribution in [0.5, 0.6) is 5.88 Å². The maximum Gasteiger partial charge on any atom is 0.249 e. The summed E-state index contributed by atoms with van der Waals surface area (Å²) in [6.07, 6.45) is 1.36. The normalized spacial score (nSPS) is 10.4. The minimum atomic E-state index is -0.491. The third-order valence-electron chi connectivity index (χ3n) is 2.61. The number of hydrogen-bond donors (Lipinski definition) is 2. The lowest BCUT2D eigenvalue weighted by molar-refractivity contribution is 0.0996.